The van der Waals surface area contributed by atoms with E-state index in [4.69, 9.17) is 9.97 Å². The number of halogens is 1. The van der Waals surface area contributed by atoms with Crippen molar-refractivity contribution in [3.63, 3.8) is 0 Å². The lowest BCUT2D eigenvalue weighted by molar-refractivity contribution is 0.628. The minimum absolute atomic E-state index is 0.453. The molecule has 1 aliphatic heterocycles. The standard InChI is InChI=1S/C13H20IN3S2/c1-8(2)6-9-11(14)13(15-3)17-12(16-9)10-7-18-4-5-19-10/h8,10H,4-7H2,1-3H3,(H,15,16,17). The van der Waals surface area contributed by atoms with Crippen LogP contribution >= 0.6 is 46.1 Å². The summed E-state index contributed by atoms with van der Waals surface area (Å²) >= 11 is 6.37. The smallest absolute Gasteiger partial charge is 0.144 e. The Morgan fingerprint density at radius 2 is 2.16 bits per heavy atom. The Bertz CT molecular complexity index is 434. The molecule has 1 unspecified atom stereocenters. The maximum atomic E-state index is 4.85. The van der Waals surface area contributed by atoms with Gasteiger partial charge in [0, 0.05) is 24.3 Å². The highest BCUT2D eigenvalue weighted by Gasteiger charge is 2.22. The van der Waals surface area contributed by atoms with E-state index >= 15 is 0 Å². The molecule has 0 aromatic carbocycles. The normalized spacial score (nSPS) is 19.7. The molecule has 2 heterocycles. The first-order valence-electron chi connectivity index (χ1n) is 6.55. The van der Waals surface area contributed by atoms with E-state index in [2.05, 4.69) is 41.8 Å². The van der Waals surface area contributed by atoms with Gasteiger partial charge in [0.1, 0.15) is 11.6 Å². The van der Waals surface area contributed by atoms with Gasteiger partial charge in [-0.15, -0.1) is 11.8 Å². The average molecular weight is 409 g/mol. The highest BCUT2D eigenvalue weighted by molar-refractivity contribution is 14.1. The van der Waals surface area contributed by atoms with Crippen molar-refractivity contribution in [2.75, 3.05) is 29.6 Å². The van der Waals surface area contributed by atoms with Crippen LogP contribution in [-0.2, 0) is 6.42 Å². The van der Waals surface area contributed by atoms with Gasteiger partial charge in [-0.1, -0.05) is 13.8 Å². The Kier molecular flexibility index (Phi) is 6.08. The van der Waals surface area contributed by atoms with Gasteiger partial charge in [0.2, 0.25) is 0 Å². The van der Waals surface area contributed by atoms with Gasteiger partial charge in [-0.2, -0.15) is 11.8 Å². The maximum absolute atomic E-state index is 4.85. The number of nitrogens with zero attached hydrogens (tertiary/aromatic N) is 2. The predicted octanol–water partition coefficient (Wildman–Crippen LogP) is 3.84. The lowest BCUT2D eigenvalue weighted by atomic mass is 10.1. The molecule has 1 N–H and O–H groups in total. The summed E-state index contributed by atoms with van der Waals surface area (Å²) in [6, 6.07) is 0. The third-order valence-corrected chi connectivity index (χ3v) is 6.76. The van der Waals surface area contributed by atoms with Gasteiger partial charge in [-0.3, -0.25) is 0 Å². The molecule has 0 bridgehead atoms. The van der Waals surface area contributed by atoms with Crippen molar-refractivity contribution in [1.29, 1.82) is 0 Å². The fraction of sp³-hybridized carbons (Fsp3) is 0.692. The molecular weight excluding hydrogens is 389 g/mol. The molecule has 1 saturated heterocycles. The van der Waals surface area contributed by atoms with E-state index in [1.807, 2.05) is 30.6 Å². The summed E-state index contributed by atoms with van der Waals surface area (Å²) in [5.41, 5.74) is 1.20. The molecule has 2 rings (SSSR count). The van der Waals surface area contributed by atoms with Crippen LogP contribution in [0.25, 0.3) is 0 Å². The minimum Gasteiger partial charge on any atom is -0.372 e. The zero-order valence-electron chi connectivity index (χ0n) is 11.6. The first kappa shape index (κ1) is 15.7. The Morgan fingerprint density at radius 3 is 2.74 bits per heavy atom. The summed E-state index contributed by atoms with van der Waals surface area (Å²) in [4.78, 5) is 9.57. The van der Waals surface area contributed by atoms with Gasteiger partial charge in [0.15, 0.2) is 0 Å². The van der Waals surface area contributed by atoms with Gasteiger partial charge in [0.05, 0.1) is 14.5 Å². The summed E-state index contributed by atoms with van der Waals surface area (Å²) in [7, 11) is 1.94. The topological polar surface area (TPSA) is 37.8 Å². The molecule has 3 nitrogen and oxygen atoms in total. The van der Waals surface area contributed by atoms with Gasteiger partial charge in [-0.25, -0.2) is 9.97 Å². The fourth-order valence-corrected chi connectivity index (χ4v) is 5.31. The molecule has 0 saturated carbocycles. The molecule has 1 fully saturated rings. The van der Waals surface area contributed by atoms with E-state index < -0.39 is 0 Å². The van der Waals surface area contributed by atoms with E-state index in [1.54, 1.807) is 0 Å². The molecular formula is C13H20IN3S2. The van der Waals surface area contributed by atoms with Crippen molar-refractivity contribution in [3.8, 4) is 0 Å². The summed E-state index contributed by atoms with van der Waals surface area (Å²) in [5, 5.41) is 3.67. The highest BCUT2D eigenvalue weighted by atomic mass is 127. The molecule has 1 aromatic heterocycles. The summed E-state index contributed by atoms with van der Waals surface area (Å²) in [6.07, 6.45) is 1.02. The van der Waals surface area contributed by atoms with Crippen LogP contribution in [0, 0.1) is 9.49 Å². The van der Waals surface area contributed by atoms with Crippen molar-refractivity contribution < 1.29 is 0 Å². The number of anilines is 1. The third kappa shape index (κ3) is 4.14. The molecule has 6 heteroatoms. The first-order valence-corrected chi connectivity index (χ1v) is 9.83. The molecule has 0 amide bonds. The number of aromatic nitrogens is 2. The third-order valence-electron chi connectivity index (χ3n) is 2.88. The molecule has 0 aliphatic carbocycles. The van der Waals surface area contributed by atoms with Crippen LogP contribution in [0.3, 0.4) is 0 Å². The monoisotopic (exact) mass is 409 g/mol. The average Bonchev–Trinajstić information content (AvgIpc) is 2.41. The number of hydrogen-bond donors (Lipinski definition) is 1. The first-order chi connectivity index (χ1) is 9.11. The second-order valence-corrected chi connectivity index (χ2v) is 8.51. The second kappa shape index (κ2) is 7.36. The quantitative estimate of drug-likeness (QED) is 0.765. The number of nitrogens with one attached hydrogen (secondary N) is 1. The van der Waals surface area contributed by atoms with E-state index in [1.165, 1.54) is 20.8 Å². The predicted molar refractivity (Wildman–Crippen MR) is 95.4 cm³/mol. The maximum Gasteiger partial charge on any atom is 0.144 e. The summed E-state index contributed by atoms with van der Waals surface area (Å²) in [5.74, 6) is 6.21. The van der Waals surface area contributed by atoms with Gasteiger partial charge in [-0.05, 0) is 34.9 Å². The van der Waals surface area contributed by atoms with Crippen molar-refractivity contribution in [1.82, 2.24) is 9.97 Å². The van der Waals surface area contributed by atoms with Crippen molar-refractivity contribution in [2.24, 2.45) is 5.92 Å². The molecule has 0 radical (unpaired) electrons. The molecule has 1 aromatic rings. The Morgan fingerprint density at radius 1 is 1.37 bits per heavy atom. The van der Waals surface area contributed by atoms with Crippen LogP contribution in [0.5, 0.6) is 0 Å². The number of hydrogen-bond acceptors (Lipinski definition) is 5. The zero-order valence-corrected chi connectivity index (χ0v) is 15.4. The largest absolute Gasteiger partial charge is 0.372 e. The minimum atomic E-state index is 0.453. The van der Waals surface area contributed by atoms with E-state index in [-0.39, 0.29) is 0 Å². The Hall–Kier alpha value is 0.310. The van der Waals surface area contributed by atoms with Gasteiger partial charge >= 0.3 is 0 Å². The van der Waals surface area contributed by atoms with Crippen LogP contribution in [0.1, 0.15) is 30.6 Å². The lowest BCUT2D eigenvalue weighted by Crippen LogP contribution is -2.15. The fourth-order valence-electron chi connectivity index (χ4n) is 1.98. The SMILES string of the molecule is CNc1nc(C2CSCCS2)nc(CC(C)C)c1I. The molecule has 19 heavy (non-hydrogen) atoms. The van der Waals surface area contributed by atoms with Crippen LogP contribution in [-0.4, -0.2) is 34.3 Å². The van der Waals surface area contributed by atoms with Gasteiger partial charge in [0.25, 0.3) is 0 Å². The second-order valence-electron chi connectivity index (χ2n) is 4.97. The lowest BCUT2D eigenvalue weighted by Gasteiger charge is -2.21. The van der Waals surface area contributed by atoms with E-state index in [0.29, 0.717) is 11.2 Å². The van der Waals surface area contributed by atoms with Crippen molar-refractivity contribution >= 4 is 51.9 Å². The molecule has 1 aliphatic rings. The summed E-state index contributed by atoms with van der Waals surface area (Å²) in [6.45, 7) is 4.48. The zero-order chi connectivity index (χ0) is 13.8. The van der Waals surface area contributed by atoms with Crippen LogP contribution < -0.4 is 5.32 Å². The number of thioether (sulfide) groups is 2. The summed E-state index contributed by atoms with van der Waals surface area (Å²) < 4.78 is 1.17. The van der Waals surface area contributed by atoms with E-state index in [0.717, 1.165) is 23.8 Å². The van der Waals surface area contributed by atoms with Crippen LogP contribution in [0.15, 0.2) is 0 Å². The molecule has 106 valence electrons. The molecule has 0 spiro atoms. The van der Waals surface area contributed by atoms with E-state index in [9.17, 15) is 0 Å². The Balaban J connectivity index is 2.32. The number of rotatable bonds is 4. The van der Waals surface area contributed by atoms with Crippen molar-refractivity contribution in [2.45, 2.75) is 25.5 Å². The van der Waals surface area contributed by atoms with Crippen LogP contribution in [0.4, 0.5) is 5.82 Å². The van der Waals surface area contributed by atoms with Crippen LogP contribution in [0.2, 0.25) is 0 Å². The highest BCUT2D eigenvalue weighted by Crippen LogP contribution is 2.36. The van der Waals surface area contributed by atoms with Crippen molar-refractivity contribution in [3.05, 3.63) is 15.1 Å². The Labute approximate surface area is 137 Å². The molecule has 1 atom stereocenters. The van der Waals surface area contributed by atoms with Gasteiger partial charge < -0.3 is 5.32 Å².